The van der Waals surface area contributed by atoms with Gasteiger partial charge in [0.1, 0.15) is 0 Å². The van der Waals surface area contributed by atoms with Gasteiger partial charge in [-0.1, -0.05) is 5.21 Å². The molecule has 7 nitrogen and oxygen atoms in total. The second-order valence-corrected chi connectivity index (χ2v) is 7.96. The van der Waals surface area contributed by atoms with E-state index in [1.54, 1.807) is 8.99 Å². The summed E-state index contributed by atoms with van der Waals surface area (Å²) in [4.78, 5) is 0. The Balaban J connectivity index is 1.57. The number of hydrogen-bond acceptors (Lipinski definition) is 5. The zero-order chi connectivity index (χ0) is 14.7. The average Bonchev–Trinajstić information content (AvgIpc) is 3.18. The van der Waals surface area contributed by atoms with Crippen molar-refractivity contribution in [3.63, 3.8) is 0 Å². The fraction of sp³-hybridized carbons (Fsp3) is 0.846. The second-order valence-electron chi connectivity index (χ2n) is 5.87. The molecule has 0 bridgehead atoms. The van der Waals surface area contributed by atoms with Gasteiger partial charge in [-0.2, -0.15) is 0 Å². The molecule has 8 heteroatoms. The van der Waals surface area contributed by atoms with E-state index >= 15 is 0 Å². The predicted molar refractivity (Wildman–Crippen MR) is 79.5 cm³/mol. The van der Waals surface area contributed by atoms with Crippen LogP contribution in [-0.2, 0) is 16.6 Å². The minimum absolute atomic E-state index is 0.110. The van der Waals surface area contributed by atoms with Gasteiger partial charge >= 0.3 is 0 Å². The lowest BCUT2D eigenvalue weighted by atomic mass is 9.97. The molecular formula is C13H23N5O2S. The molecule has 1 atom stereocenters. The lowest BCUT2D eigenvalue weighted by molar-refractivity contribution is 0.454. The van der Waals surface area contributed by atoms with Crippen LogP contribution in [0.1, 0.15) is 37.3 Å². The van der Waals surface area contributed by atoms with Gasteiger partial charge in [-0.25, -0.2) is 12.7 Å². The molecule has 2 fully saturated rings. The zero-order valence-corrected chi connectivity index (χ0v) is 13.1. The number of nitrogens with zero attached hydrogens (tertiary/aromatic N) is 4. The van der Waals surface area contributed by atoms with Gasteiger partial charge in [-0.3, -0.25) is 4.68 Å². The van der Waals surface area contributed by atoms with Crippen LogP contribution in [0, 0.1) is 0 Å². The van der Waals surface area contributed by atoms with Gasteiger partial charge in [0.2, 0.25) is 10.0 Å². The number of aromatic nitrogens is 3. The summed E-state index contributed by atoms with van der Waals surface area (Å²) in [5, 5.41) is 11.6. The molecule has 1 aromatic rings. The van der Waals surface area contributed by atoms with Crippen LogP contribution < -0.4 is 5.32 Å². The first-order valence-corrected chi connectivity index (χ1v) is 9.35. The van der Waals surface area contributed by atoms with Crippen molar-refractivity contribution in [2.24, 2.45) is 0 Å². The van der Waals surface area contributed by atoms with Crippen molar-refractivity contribution < 1.29 is 8.42 Å². The van der Waals surface area contributed by atoms with Crippen LogP contribution in [-0.4, -0.2) is 59.6 Å². The quantitative estimate of drug-likeness (QED) is 0.838. The van der Waals surface area contributed by atoms with E-state index in [0.717, 1.165) is 44.5 Å². The predicted octanol–water partition coefficient (Wildman–Crippen LogP) is 0.171. The minimum Gasteiger partial charge on any atom is -0.316 e. The number of rotatable bonds is 5. The Morgan fingerprint density at radius 2 is 2.10 bits per heavy atom. The monoisotopic (exact) mass is 313 g/mol. The van der Waals surface area contributed by atoms with Gasteiger partial charge < -0.3 is 5.32 Å². The van der Waals surface area contributed by atoms with Crippen LogP contribution in [0.3, 0.4) is 0 Å². The van der Waals surface area contributed by atoms with E-state index < -0.39 is 10.0 Å². The average molecular weight is 313 g/mol. The lowest BCUT2D eigenvalue weighted by Gasteiger charge is -2.20. The van der Waals surface area contributed by atoms with Crippen LogP contribution in [0.15, 0.2) is 6.20 Å². The van der Waals surface area contributed by atoms with Gasteiger partial charge in [0.05, 0.1) is 18.0 Å². The molecule has 0 radical (unpaired) electrons. The third-order valence-electron chi connectivity index (χ3n) is 4.31. The molecule has 0 saturated carbocycles. The van der Waals surface area contributed by atoms with Crippen molar-refractivity contribution >= 4 is 10.0 Å². The highest BCUT2D eigenvalue weighted by Gasteiger charge is 2.25. The van der Waals surface area contributed by atoms with E-state index in [1.807, 2.05) is 6.20 Å². The summed E-state index contributed by atoms with van der Waals surface area (Å²) in [7, 11) is -3.14. The summed E-state index contributed by atoms with van der Waals surface area (Å²) >= 11 is 0. The van der Waals surface area contributed by atoms with Crippen LogP contribution in [0.2, 0.25) is 0 Å². The molecule has 2 aliphatic heterocycles. The topological polar surface area (TPSA) is 80.1 Å². The van der Waals surface area contributed by atoms with Crippen molar-refractivity contribution in [2.75, 3.05) is 31.9 Å². The Labute approximate surface area is 125 Å². The summed E-state index contributed by atoms with van der Waals surface area (Å²) in [6, 6.07) is 0. The van der Waals surface area contributed by atoms with Crippen LogP contribution in [0.25, 0.3) is 0 Å². The Bertz CT molecular complexity index is 559. The SMILES string of the molecule is O=S(=O)(CCn1cc([C@H]2CCCNC2)nn1)N1CCCC1. The highest BCUT2D eigenvalue weighted by Crippen LogP contribution is 2.20. The first-order chi connectivity index (χ1) is 10.1. The Morgan fingerprint density at radius 1 is 1.29 bits per heavy atom. The number of aryl methyl sites for hydroxylation is 1. The molecule has 1 aromatic heterocycles. The van der Waals surface area contributed by atoms with E-state index in [2.05, 4.69) is 15.6 Å². The lowest BCUT2D eigenvalue weighted by Crippen LogP contribution is -2.31. The maximum absolute atomic E-state index is 12.2. The maximum Gasteiger partial charge on any atom is 0.215 e. The molecule has 3 heterocycles. The molecule has 2 aliphatic rings. The molecule has 0 amide bonds. The van der Waals surface area contributed by atoms with Crippen molar-refractivity contribution in [2.45, 2.75) is 38.1 Å². The second kappa shape index (κ2) is 6.41. The van der Waals surface area contributed by atoms with E-state index in [0.29, 0.717) is 25.6 Å². The van der Waals surface area contributed by atoms with E-state index in [-0.39, 0.29) is 5.75 Å². The van der Waals surface area contributed by atoms with Gasteiger partial charge in [0.25, 0.3) is 0 Å². The maximum atomic E-state index is 12.2. The molecular weight excluding hydrogens is 290 g/mol. The number of nitrogens with one attached hydrogen (secondary N) is 1. The summed E-state index contributed by atoms with van der Waals surface area (Å²) in [6.07, 6.45) is 6.12. The largest absolute Gasteiger partial charge is 0.316 e. The molecule has 0 unspecified atom stereocenters. The minimum atomic E-state index is -3.14. The number of piperidine rings is 1. The van der Waals surface area contributed by atoms with Crippen LogP contribution in [0.4, 0.5) is 0 Å². The molecule has 1 N–H and O–H groups in total. The van der Waals surface area contributed by atoms with Crippen molar-refractivity contribution in [1.29, 1.82) is 0 Å². The Hall–Kier alpha value is -0.990. The Morgan fingerprint density at radius 3 is 2.81 bits per heavy atom. The fourth-order valence-electron chi connectivity index (χ4n) is 3.02. The molecule has 118 valence electrons. The van der Waals surface area contributed by atoms with Crippen molar-refractivity contribution in [3.8, 4) is 0 Å². The van der Waals surface area contributed by atoms with Crippen molar-refractivity contribution in [3.05, 3.63) is 11.9 Å². The molecule has 21 heavy (non-hydrogen) atoms. The van der Waals surface area contributed by atoms with Crippen LogP contribution in [0.5, 0.6) is 0 Å². The highest BCUT2D eigenvalue weighted by molar-refractivity contribution is 7.89. The highest BCUT2D eigenvalue weighted by atomic mass is 32.2. The molecule has 2 saturated heterocycles. The summed E-state index contributed by atoms with van der Waals surface area (Å²) < 4.78 is 27.6. The standard InChI is InChI=1S/C13H23N5O2S/c19-21(20,18-6-1-2-7-18)9-8-17-11-13(15-16-17)12-4-3-5-14-10-12/h11-12,14H,1-10H2/t12-/m0/s1. The van der Waals surface area contributed by atoms with Gasteiger partial charge in [-0.05, 0) is 32.2 Å². The number of hydrogen-bond donors (Lipinski definition) is 1. The molecule has 0 spiro atoms. The summed E-state index contributed by atoms with van der Waals surface area (Å²) in [5.41, 5.74) is 0.973. The van der Waals surface area contributed by atoms with Gasteiger partial charge in [-0.15, -0.1) is 5.10 Å². The normalized spacial score (nSPS) is 24.5. The first-order valence-electron chi connectivity index (χ1n) is 7.74. The third-order valence-corrected chi connectivity index (χ3v) is 6.16. The van der Waals surface area contributed by atoms with Crippen LogP contribution >= 0.6 is 0 Å². The van der Waals surface area contributed by atoms with Crippen molar-refractivity contribution in [1.82, 2.24) is 24.6 Å². The zero-order valence-electron chi connectivity index (χ0n) is 12.2. The van der Waals surface area contributed by atoms with E-state index in [4.69, 9.17) is 0 Å². The Kier molecular flexibility index (Phi) is 4.56. The molecule has 3 rings (SSSR count). The first kappa shape index (κ1) is 14.9. The summed E-state index contributed by atoms with van der Waals surface area (Å²) in [5.74, 6) is 0.515. The van der Waals surface area contributed by atoms with E-state index in [1.165, 1.54) is 0 Å². The molecule has 0 aliphatic carbocycles. The van der Waals surface area contributed by atoms with Gasteiger partial charge in [0, 0.05) is 31.7 Å². The number of sulfonamides is 1. The molecule has 0 aromatic carbocycles. The summed E-state index contributed by atoms with van der Waals surface area (Å²) in [6.45, 7) is 3.72. The fourth-order valence-corrected chi connectivity index (χ4v) is 4.51. The smallest absolute Gasteiger partial charge is 0.215 e. The van der Waals surface area contributed by atoms with E-state index in [9.17, 15) is 8.42 Å². The van der Waals surface area contributed by atoms with Gasteiger partial charge in [0.15, 0.2) is 0 Å². The third kappa shape index (κ3) is 3.61.